The molecule has 4 atom stereocenters. The van der Waals surface area contributed by atoms with Gasteiger partial charge in [-0.15, -0.1) is 0 Å². The summed E-state index contributed by atoms with van der Waals surface area (Å²) in [5, 5.41) is 1.16. The minimum absolute atomic E-state index is 0.141. The van der Waals surface area contributed by atoms with Crippen LogP contribution in [0, 0.1) is 23.2 Å². The van der Waals surface area contributed by atoms with E-state index in [1.165, 1.54) is 0 Å². The molecule has 4 heteroatoms. The second-order valence-corrected chi connectivity index (χ2v) is 13.3. The van der Waals surface area contributed by atoms with Gasteiger partial charge in [0.1, 0.15) is 0 Å². The minimum Gasteiger partial charge on any atom is -0.347 e. The minimum atomic E-state index is -1.53. The van der Waals surface area contributed by atoms with Gasteiger partial charge in [-0.1, -0.05) is 32.6 Å². The van der Waals surface area contributed by atoms with Gasteiger partial charge in [-0.05, 0) is 23.0 Å². The number of carbonyl (C=O) groups is 1. The molecule has 1 heterocycles. The average molecular weight is 292 g/mol. The van der Waals surface area contributed by atoms with Crippen molar-refractivity contribution in [2.75, 3.05) is 13.2 Å². The first-order valence-electron chi connectivity index (χ1n) is 7.84. The molecular formula is C16H24O3Si. The average Bonchev–Trinajstić information content (AvgIpc) is 2.96. The van der Waals surface area contributed by atoms with Crippen LogP contribution in [0.4, 0.5) is 0 Å². The number of carbonyl (C=O) groups excluding carboxylic acids is 1. The Labute approximate surface area is 121 Å². The van der Waals surface area contributed by atoms with Crippen LogP contribution < -0.4 is 0 Å². The van der Waals surface area contributed by atoms with Crippen LogP contribution in [0.25, 0.3) is 0 Å². The number of rotatable bonds is 1. The van der Waals surface area contributed by atoms with Crippen LogP contribution in [0.1, 0.15) is 19.8 Å². The number of hydrogen-bond donors (Lipinski definition) is 0. The van der Waals surface area contributed by atoms with Crippen LogP contribution in [-0.4, -0.2) is 32.9 Å². The molecule has 0 unspecified atom stereocenters. The van der Waals surface area contributed by atoms with E-state index in [-0.39, 0.29) is 17.3 Å². The molecule has 3 fully saturated rings. The van der Waals surface area contributed by atoms with Gasteiger partial charge < -0.3 is 9.47 Å². The van der Waals surface area contributed by atoms with E-state index in [1.54, 1.807) is 0 Å². The van der Waals surface area contributed by atoms with E-state index in [1.807, 2.05) is 0 Å². The van der Waals surface area contributed by atoms with Crippen molar-refractivity contribution in [1.82, 2.24) is 0 Å². The van der Waals surface area contributed by atoms with E-state index in [0.29, 0.717) is 24.9 Å². The van der Waals surface area contributed by atoms with E-state index in [4.69, 9.17) is 9.47 Å². The van der Waals surface area contributed by atoms with Gasteiger partial charge in [0, 0.05) is 18.3 Å². The normalized spacial score (nSPS) is 45.3. The maximum Gasteiger partial charge on any atom is 0.172 e. The van der Waals surface area contributed by atoms with Crippen LogP contribution in [0.2, 0.25) is 19.6 Å². The molecule has 0 aromatic heterocycles. The topological polar surface area (TPSA) is 35.5 Å². The Morgan fingerprint density at radius 1 is 1.20 bits per heavy atom. The summed E-state index contributed by atoms with van der Waals surface area (Å²) in [5.74, 6) is 0.835. The summed E-state index contributed by atoms with van der Waals surface area (Å²) < 4.78 is 12.0. The smallest absolute Gasteiger partial charge is 0.172 e. The highest BCUT2D eigenvalue weighted by Gasteiger charge is 2.74. The van der Waals surface area contributed by atoms with Gasteiger partial charge in [0.2, 0.25) is 0 Å². The highest BCUT2D eigenvalue weighted by molar-refractivity contribution is 6.87. The molecule has 0 aromatic carbocycles. The number of allylic oxidation sites excluding steroid dienone is 2. The summed E-state index contributed by atoms with van der Waals surface area (Å²) in [6.07, 6.45) is 4.43. The quantitative estimate of drug-likeness (QED) is 0.697. The van der Waals surface area contributed by atoms with Crippen molar-refractivity contribution >= 4 is 13.9 Å². The third-order valence-corrected chi connectivity index (χ3v) is 8.23. The van der Waals surface area contributed by atoms with Gasteiger partial charge in [0.05, 0.1) is 21.3 Å². The molecule has 3 nitrogen and oxygen atoms in total. The summed E-state index contributed by atoms with van der Waals surface area (Å²) in [6, 6.07) is 0. The van der Waals surface area contributed by atoms with E-state index in [2.05, 4.69) is 32.6 Å². The molecule has 110 valence electrons. The van der Waals surface area contributed by atoms with Crippen LogP contribution in [0.3, 0.4) is 0 Å². The second kappa shape index (κ2) is 3.65. The van der Waals surface area contributed by atoms with Gasteiger partial charge in [0.25, 0.3) is 0 Å². The van der Waals surface area contributed by atoms with Crippen molar-refractivity contribution in [2.45, 2.75) is 45.2 Å². The van der Waals surface area contributed by atoms with Crippen molar-refractivity contribution in [3.05, 3.63) is 11.3 Å². The molecule has 4 rings (SSSR count). The lowest BCUT2D eigenvalue weighted by Gasteiger charge is -2.56. The molecule has 0 N–H and O–H groups in total. The summed E-state index contributed by atoms with van der Waals surface area (Å²) in [5.41, 5.74) is 0.214. The van der Waals surface area contributed by atoms with Crippen molar-refractivity contribution in [2.24, 2.45) is 23.2 Å². The summed E-state index contributed by atoms with van der Waals surface area (Å²) in [7, 11) is -1.53. The summed E-state index contributed by atoms with van der Waals surface area (Å²) in [4.78, 5) is 12.9. The molecule has 0 bridgehead atoms. The van der Waals surface area contributed by atoms with E-state index < -0.39 is 13.9 Å². The second-order valence-electron chi connectivity index (χ2n) is 8.24. The third kappa shape index (κ3) is 1.35. The number of fused-ring (bicyclic) bond motifs is 5. The lowest BCUT2D eigenvalue weighted by Crippen LogP contribution is -2.59. The Kier molecular flexibility index (Phi) is 2.41. The molecule has 1 spiro atoms. The Hall–Kier alpha value is -0.453. The zero-order valence-electron chi connectivity index (χ0n) is 12.9. The fourth-order valence-corrected chi connectivity index (χ4v) is 6.86. The fraction of sp³-hybridized carbons (Fsp3) is 0.812. The molecule has 2 saturated carbocycles. The monoisotopic (exact) mass is 292 g/mol. The fourth-order valence-electron chi connectivity index (χ4n) is 5.28. The van der Waals surface area contributed by atoms with E-state index in [0.717, 1.165) is 18.0 Å². The maximum absolute atomic E-state index is 12.9. The van der Waals surface area contributed by atoms with E-state index >= 15 is 0 Å². The third-order valence-electron chi connectivity index (χ3n) is 6.20. The van der Waals surface area contributed by atoms with Crippen LogP contribution in [0.5, 0.6) is 0 Å². The lowest BCUT2D eigenvalue weighted by molar-refractivity contribution is -0.242. The lowest BCUT2D eigenvalue weighted by atomic mass is 9.49. The Morgan fingerprint density at radius 3 is 2.45 bits per heavy atom. The van der Waals surface area contributed by atoms with Crippen LogP contribution in [0.15, 0.2) is 11.3 Å². The van der Waals surface area contributed by atoms with Crippen molar-refractivity contribution in [1.29, 1.82) is 0 Å². The highest BCUT2D eigenvalue weighted by Crippen LogP contribution is 2.72. The molecule has 0 aromatic rings. The summed E-state index contributed by atoms with van der Waals surface area (Å²) >= 11 is 0. The van der Waals surface area contributed by atoms with Crippen LogP contribution >= 0.6 is 0 Å². The molecule has 1 saturated heterocycles. The first-order valence-corrected chi connectivity index (χ1v) is 11.3. The first kappa shape index (κ1) is 13.2. The Balaban J connectivity index is 1.72. The number of ether oxygens (including phenoxy) is 2. The number of ketones is 1. The maximum atomic E-state index is 12.9. The standard InChI is InChI=1S/C16H24O3Si/c1-15-5-6-16(18-7-8-19-16)14(15)12-10(15)9-11(13(12)17)20(2,3)4/h9-10,12,14H,5-8H2,1-4H3/t10-,12-,14-,15+/m0/s1. The first-order chi connectivity index (χ1) is 9.30. The van der Waals surface area contributed by atoms with E-state index in [9.17, 15) is 4.79 Å². The molecular weight excluding hydrogens is 268 g/mol. The predicted molar refractivity (Wildman–Crippen MR) is 78.9 cm³/mol. The largest absolute Gasteiger partial charge is 0.347 e. The Morgan fingerprint density at radius 2 is 1.85 bits per heavy atom. The number of hydrogen-bond acceptors (Lipinski definition) is 3. The van der Waals surface area contributed by atoms with Gasteiger partial charge in [-0.2, -0.15) is 0 Å². The van der Waals surface area contributed by atoms with Crippen molar-refractivity contribution in [3.63, 3.8) is 0 Å². The van der Waals surface area contributed by atoms with Crippen molar-refractivity contribution < 1.29 is 14.3 Å². The van der Waals surface area contributed by atoms with Gasteiger partial charge in [0.15, 0.2) is 11.6 Å². The zero-order valence-corrected chi connectivity index (χ0v) is 13.9. The highest BCUT2D eigenvalue weighted by atomic mass is 28.3. The predicted octanol–water partition coefficient (Wildman–Crippen LogP) is 2.78. The zero-order chi connectivity index (χ0) is 14.3. The SMILES string of the molecule is C[C@]12CCC3(OCCO3)[C@H]1[C@@H]1C(=O)C([Si](C)(C)C)=C[C@@H]12. The Bertz CT molecular complexity index is 512. The van der Waals surface area contributed by atoms with Gasteiger partial charge in [-0.3, -0.25) is 4.79 Å². The molecule has 0 amide bonds. The van der Waals surface area contributed by atoms with Crippen molar-refractivity contribution in [3.8, 4) is 0 Å². The molecule has 4 aliphatic rings. The molecule has 1 aliphatic heterocycles. The molecule has 20 heavy (non-hydrogen) atoms. The summed E-state index contributed by atoms with van der Waals surface area (Å²) in [6.45, 7) is 10.5. The molecule has 0 radical (unpaired) electrons. The van der Waals surface area contributed by atoms with Crippen LogP contribution in [-0.2, 0) is 14.3 Å². The molecule has 3 aliphatic carbocycles. The number of Topliss-reactive ketones (excluding diaryl/α,β-unsaturated/α-hetero) is 1. The van der Waals surface area contributed by atoms with Gasteiger partial charge in [-0.25, -0.2) is 0 Å². The van der Waals surface area contributed by atoms with Gasteiger partial charge >= 0.3 is 0 Å².